The van der Waals surface area contributed by atoms with Crippen LogP contribution in [0.1, 0.15) is 27.2 Å². The molecule has 0 saturated carbocycles. The summed E-state index contributed by atoms with van der Waals surface area (Å²) in [7, 11) is 0. The first-order valence-electron chi connectivity index (χ1n) is 6.42. The topological polar surface area (TPSA) is 63.6 Å². The van der Waals surface area contributed by atoms with Crippen LogP contribution >= 0.6 is 0 Å². The molecule has 12 heteroatoms. The van der Waals surface area contributed by atoms with E-state index in [9.17, 15) is 44.7 Å². The molecule has 4 nitrogen and oxygen atoms in total. The minimum absolute atomic E-state index is 0.0429. The largest absolute Gasteiger partial charge is 0.478 e. The van der Waals surface area contributed by atoms with Crippen LogP contribution in [0, 0.1) is 5.41 Å². The number of ether oxygens (including phenoxy) is 1. The van der Waals surface area contributed by atoms with Crippen LogP contribution in [-0.4, -0.2) is 40.9 Å². The second-order valence-electron chi connectivity index (χ2n) is 6.03. The maximum Gasteiger partial charge on any atom is 0.470 e. The monoisotopic (exact) mass is 386 g/mol. The highest BCUT2D eigenvalue weighted by molar-refractivity contribution is 5.90. The molecule has 1 N–H and O–H groups in total. The van der Waals surface area contributed by atoms with Crippen molar-refractivity contribution in [3.63, 3.8) is 0 Å². The first kappa shape index (κ1) is 23.1. The minimum Gasteiger partial charge on any atom is -0.478 e. The van der Waals surface area contributed by atoms with Gasteiger partial charge in [0.25, 0.3) is 0 Å². The number of hydrogen-bond donors (Lipinski definition) is 1. The molecular formula is C13H14F8O4. The van der Waals surface area contributed by atoms with Crippen molar-refractivity contribution in [2.45, 2.75) is 51.1 Å². The van der Waals surface area contributed by atoms with E-state index >= 15 is 0 Å². The number of alkyl halides is 8. The van der Waals surface area contributed by atoms with Crippen molar-refractivity contribution in [2.75, 3.05) is 0 Å². The third kappa shape index (κ3) is 5.30. The Morgan fingerprint density at radius 3 is 1.68 bits per heavy atom. The van der Waals surface area contributed by atoms with Gasteiger partial charge in [0.05, 0.1) is 6.42 Å². The Kier molecular flexibility index (Phi) is 6.28. The van der Waals surface area contributed by atoms with E-state index in [1.165, 1.54) is 0 Å². The van der Waals surface area contributed by atoms with Crippen LogP contribution < -0.4 is 0 Å². The molecule has 0 radical (unpaired) electrons. The summed E-state index contributed by atoms with van der Waals surface area (Å²) in [5.41, 5.74) is -7.49. The van der Waals surface area contributed by atoms with Crippen molar-refractivity contribution in [1.82, 2.24) is 0 Å². The summed E-state index contributed by atoms with van der Waals surface area (Å²) in [6.07, 6.45) is -14.7. The van der Waals surface area contributed by atoms with Crippen molar-refractivity contribution in [3.8, 4) is 0 Å². The minimum atomic E-state index is -6.08. The fourth-order valence-corrected chi connectivity index (χ4v) is 1.72. The van der Waals surface area contributed by atoms with Gasteiger partial charge in [-0.3, -0.25) is 0 Å². The summed E-state index contributed by atoms with van der Waals surface area (Å²) in [5.74, 6) is -10.2. The standard InChI is InChI=1S/C13H14F8O4/c1-9(2,3)10(14,6-11(15,16)17)12(18,19)13(20,21)25-8(24)5-4-7(22)23/h4-5H,6H2,1-3H3,(H,22,23)/b5-4+. The molecule has 0 aromatic rings. The van der Waals surface area contributed by atoms with Gasteiger partial charge in [0.1, 0.15) is 0 Å². The number of carboxylic acids is 1. The molecule has 0 fully saturated rings. The maximum atomic E-state index is 14.6. The van der Waals surface area contributed by atoms with Crippen LogP contribution in [0.3, 0.4) is 0 Å². The zero-order chi connectivity index (χ0) is 20.5. The first-order valence-corrected chi connectivity index (χ1v) is 6.42. The zero-order valence-corrected chi connectivity index (χ0v) is 13.1. The average molecular weight is 386 g/mol. The number of esters is 1. The molecule has 0 aliphatic carbocycles. The quantitative estimate of drug-likeness (QED) is 0.424. The van der Waals surface area contributed by atoms with Gasteiger partial charge in [0.2, 0.25) is 0 Å². The average Bonchev–Trinajstić information content (AvgIpc) is 2.31. The van der Waals surface area contributed by atoms with E-state index in [0.29, 0.717) is 20.8 Å². The molecular weight excluding hydrogens is 372 g/mol. The van der Waals surface area contributed by atoms with Gasteiger partial charge in [-0.15, -0.1) is 0 Å². The predicted octanol–water partition coefficient (Wildman–Crippen LogP) is 4.11. The summed E-state index contributed by atoms with van der Waals surface area (Å²) in [6.45, 7) is 1.61. The Hall–Kier alpha value is -1.88. The fourth-order valence-electron chi connectivity index (χ4n) is 1.72. The lowest BCUT2D eigenvalue weighted by Crippen LogP contribution is -2.64. The zero-order valence-electron chi connectivity index (χ0n) is 13.1. The summed E-state index contributed by atoms with van der Waals surface area (Å²) in [6, 6.07) is 0. The lowest BCUT2D eigenvalue weighted by molar-refractivity contribution is -0.384. The smallest absolute Gasteiger partial charge is 0.470 e. The highest BCUT2D eigenvalue weighted by Gasteiger charge is 2.77. The van der Waals surface area contributed by atoms with Gasteiger partial charge in [-0.1, -0.05) is 20.8 Å². The van der Waals surface area contributed by atoms with Gasteiger partial charge >= 0.3 is 30.1 Å². The summed E-state index contributed by atoms with van der Waals surface area (Å²) in [4.78, 5) is 21.0. The highest BCUT2D eigenvalue weighted by Crippen LogP contribution is 2.56. The molecule has 1 unspecified atom stereocenters. The Bertz CT molecular complexity index is 547. The van der Waals surface area contributed by atoms with E-state index in [4.69, 9.17) is 5.11 Å². The van der Waals surface area contributed by atoms with Gasteiger partial charge in [-0.2, -0.15) is 30.7 Å². The second-order valence-corrected chi connectivity index (χ2v) is 6.03. The second kappa shape index (κ2) is 6.79. The maximum absolute atomic E-state index is 14.6. The Morgan fingerprint density at radius 1 is 0.920 bits per heavy atom. The molecule has 0 aliphatic rings. The number of aliphatic carboxylic acids is 1. The first-order chi connectivity index (χ1) is 10.8. The lowest BCUT2D eigenvalue weighted by Gasteiger charge is -2.44. The summed E-state index contributed by atoms with van der Waals surface area (Å²) in [5, 5.41) is 8.17. The van der Waals surface area contributed by atoms with E-state index in [-0.39, 0.29) is 12.2 Å². The molecule has 0 amide bonds. The Labute approximate surface area is 136 Å². The Morgan fingerprint density at radius 2 is 1.36 bits per heavy atom. The molecule has 146 valence electrons. The third-order valence-corrected chi connectivity index (χ3v) is 3.09. The van der Waals surface area contributed by atoms with Gasteiger partial charge in [0.15, 0.2) is 5.67 Å². The van der Waals surface area contributed by atoms with Crippen LogP contribution in [0.2, 0.25) is 0 Å². The van der Waals surface area contributed by atoms with Gasteiger partial charge in [-0.25, -0.2) is 14.0 Å². The van der Waals surface area contributed by atoms with Crippen molar-refractivity contribution in [3.05, 3.63) is 12.2 Å². The molecule has 1 atom stereocenters. The number of carboxylic acid groups (broad SMARTS) is 1. The molecule has 0 bridgehead atoms. The van der Waals surface area contributed by atoms with Crippen molar-refractivity contribution < 1.29 is 54.6 Å². The van der Waals surface area contributed by atoms with Gasteiger partial charge in [-0.05, 0) is 0 Å². The van der Waals surface area contributed by atoms with E-state index < -0.39 is 47.7 Å². The van der Waals surface area contributed by atoms with Crippen LogP contribution in [0.4, 0.5) is 35.1 Å². The number of carbonyl (C=O) groups excluding carboxylic acids is 1. The van der Waals surface area contributed by atoms with Crippen molar-refractivity contribution in [2.24, 2.45) is 5.41 Å². The fraction of sp³-hybridized carbons (Fsp3) is 0.692. The normalized spacial score (nSPS) is 16.6. The molecule has 0 rings (SSSR count). The molecule has 25 heavy (non-hydrogen) atoms. The lowest BCUT2D eigenvalue weighted by atomic mass is 9.71. The molecule has 0 aromatic heterocycles. The van der Waals surface area contributed by atoms with Crippen LogP contribution in [0.5, 0.6) is 0 Å². The molecule has 0 heterocycles. The SMILES string of the molecule is CC(C)(C)C(F)(CC(F)(F)F)C(F)(F)C(F)(F)OC(=O)/C=C/C(=O)O. The molecule has 0 aliphatic heterocycles. The number of rotatable bonds is 6. The van der Waals surface area contributed by atoms with Gasteiger partial charge < -0.3 is 9.84 Å². The van der Waals surface area contributed by atoms with E-state index in [1.807, 2.05) is 0 Å². The van der Waals surface area contributed by atoms with E-state index in [0.717, 1.165) is 0 Å². The third-order valence-electron chi connectivity index (χ3n) is 3.09. The molecule has 0 spiro atoms. The van der Waals surface area contributed by atoms with Gasteiger partial charge in [0, 0.05) is 17.6 Å². The Balaban J connectivity index is 5.92. The number of halogens is 8. The summed E-state index contributed by atoms with van der Waals surface area (Å²) >= 11 is 0. The summed E-state index contributed by atoms with van der Waals surface area (Å²) < 4.78 is 110. The van der Waals surface area contributed by atoms with Crippen LogP contribution in [0.25, 0.3) is 0 Å². The van der Waals surface area contributed by atoms with Crippen molar-refractivity contribution >= 4 is 11.9 Å². The predicted molar refractivity (Wildman–Crippen MR) is 66.7 cm³/mol. The number of carbonyl (C=O) groups is 2. The molecule has 0 aromatic carbocycles. The number of hydrogen-bond acceptors (Lipinski definition) is 3. The molecule has 0 saturated heterocycles. The van der Waals surface area contributed by atoms with Crippen molar-refractivity contribution in [1.29, 1.82) is 0 Å². The van der Waals surface area contributed by atoms with E-state index in [1.54, 1.807) is 0 Å². The highest BCUT2D eigenvalue weighted by atomic mass is 19.4. The van der Waals surface area contributed by atoms with E-state index in [2.05, 4.69) is 4.74 Å². The van der Waals surface area contributed by atoms with Crippen LogP contribution in [-0.2, 0) is 14.3 Å². The van der Waals surface area contributed by atoms with Crippen LogP contribution in [0.15, 0.2) is 12.2 Å².